The maximum atomic E-state index is 8.65. The molecule has 0 aliphatic rings. The summed E-state index contributed by atoms with van der Waals surface area (Å²) in [4.78, 5) is 0. The predicted octanol–water partition coefficient (Wildman–Crippen LogP) is 2.40. The number of nitrogens with zero attached hydrogens (tertiary/aromatic N) is 1. The molecule has 1 rings (SSSR count). The summed E-state index contributed by atoms with van der Waals surface area (Å²) in [5.74, 6) is 0.930. The third-order valence-corrected chi connectivity index (χ3v) is 2.35. The lowest BCUT2D eigenvalue weighted by Crippen LogP contribution is -2.23. The van der Waals surface area contributed by atoms with Crippen LogP contribution in [-0.4, -0.2) is 12.6 Å². The molecule has 0 saturated carbocycles. The number of aryl methyl sites for hydroxylation is 1. The molecule has 0 aliphatic carbocycles. The van der Waals surface area contributed by atoms with E-state index in [0.29, 0.717) is 13.2 Å². The quantitative estimate of drug-likeness (QED) is 0.825. The molecule has 16 heavy (non-hydrogen) atoms. The fraction of sp³-hybridized carbons (Fsp3) is 0.462. The summed E-state index contributed by atoms with van der Waals surface area (Å²) in [7, 11) is 0. The highest BCUT2D eigenvalue weighted by Gasteiger charge is 2.02. The lowest BCUT2D eigenvalue weighted by atomic mass is 10.1. The highest BCUT2D eigenvalue weighted by atomic mass is 16.5. The van der Waals surface area contributed by atoms with E-state index < -0.39 is 0 Å². The molecule has 3 nitrogen and oxygen atoms in total. The maximum absolute atomic E-state index is 8.65. The van der Waals surface area contributed by atoms with Crippen LogP contribution >= 0.6 is 0 Å². The van der Waals surface area contributed by atoms with Crippen LogP contribution in [0.1, 0.15) is 25.0 Å². The first-order valence-electron chi connectivity index (χ1n) is 5.52. The van der Waals surface area contributed by atoms with E-state index in [1.54, 1.807) is 0 Å². The minimum atomic E-state index is -0.119. The number of benzene rings is 1. The van der Waals surface area contributed by atoms with Crippen molar-refractivity contribution in [1.29, 1.82) is 5.26 Å². The van der Waals surface area contributed by atoms with Gasteiger partial charge in [0.2, 0.25) is 0 Å². The minimum Gasteiger partial charge on any atom is -0.494 e. The maximum Gasteiger partial charge on any atom is 0.122 e. The van der Waals surface area contributed by atoms with Crippen LogP contribution in [0.4, 0.5) is 0 Å². The first-order chi connectivity index (χ1) is 7.67. The van der Waals surface area contributed by atoms with Gasteiger partial charge in [-0.25, -0.2) is 0 Å². The minimum absolute atomic E-state index is 0.119. The average Bonchev–Trinajstić information content (AvgIpc) is 2.29. The molecular formula is C13H18N2O. The van der Waals surface area contributed by atoms with Crippen LogP contribution in [-0.2, 0) is 6.54 Å². The lowest BCUT2D eigenvalue weighted by Gasteiger charge is -2.10. The van der Waals surface area contributed by atoms with Gasteiger partial charge < -0.3 is 4.74 Å². The summed E-state index contributed by atoms with van der Waals surface area (Å²) in [6, 6.07) is 8.11. The molecule has 0 heterocycles. The number of rotatable bonds is 5. The topological polar surface area (TPSA) is 45.0 Å². The number of hydrogen-bond acceptors (Lipinski definition) is 3. The summed E-state index contributed by atoms with van der Waals surface area (Å²) in [6.45, 7) is 7.25. The molecule has 0 bridgehead atoms. The predicted molar refractivity (Wildman–Crippen MR) is 64.3 cm³/mol. The van der Waals surface area contributed by atoms with E-state index in [-0.39, 0.29) is 6.04 Å². The van der Waals surface area contributed by atoms with Gasteiger partial charge in [-0.15, -0.1) is 0 Å². The molecule has 1 aromatic rings. The Kier molecular flexibility index (Phi) is 4.81. The molecule has 0 aromatic heterocycles. The van der Waals surface area contributed by atoms with Crippen LogP contribution in [0, 0.1) is 18.3 Å². The molecule has 1 atom stereocenters. The Morgan fingerprint density at radius 1 is 1.50 bits per heavy atom. The van der Waals surface area contributed by atoms with Gasteiger partial charge in [0.1, 0.15) is 5.75 Å². The number of nitrogens with one attached hydrogen (secondary N) is 1. The Hall–Kier alpha value is -1.53. The second-order valence-electron chi connectivity index (χ2n) is 3.76. The Morgan fingerprint density at radius 3 is 2.81 bits per heavy atom. The van der Waals surface area contributed by atoms with Crippen LogP contribution in [0.25, 0.3) is 0 Å². The van der Waals surface area contributed by atoms with Crippen molar-refractivity contribution in [3.8, 4) is 11.8 Å². The van der Waals surface area contributed by atoms with Crippen LogP contribution < -0.4 is 10.1 Å². The number of hydrogen-bond donors (Lipinski definition) is 1. The second kappa shape index (κ2) is 6.14. The fourth-order valence-corrected chi connectivity index (χ4v) is 1.46. The van der Waals surface area contributed by atoms with Gasteiger partial charge in [0, 0.05) is 6.54 Å². The first kappa shape index (κ1) is 12.5. The van der Waals surface area contributed by atoms with Gasteiger partial charge in [-0.1, -0.05) is 12.1 Å². The van der Waals surface area contributed by atoms with E-state index in [9.17, 15) is 0 Å². The highest BCUT2D eigenvalue weighted by Crippen LogP contribution is 2.18. The molecular weight excluding hydrogens is 200 g/mol. The van der Waals surface area contributed by atoms with Crippen molar-refractivity contribution in [2.24, 2.45) is 0 Å². The summed E-state index contributed by atoms with van der Waals surface area (Å²) in [6.07, 6.45) is 0. The molecule has 1 unspecified atom stereocenters. The normalized spacial score (nSPS) is 11.9. The van der Waals surface area contributed by atoms with Gasteiger partial charge in [-0.05, 0) is 38.0 Å². The largest absolute Gasteiger partial charge is 0.494 e. The second-order valence-corrected chi connectivity index (χ2v) is 3.76. The van der Waals surface area contributed by atoms with Gasteiger partial charge >= 0.3 is 0 Å². The van der Waals surface area contributed by atoms with Crippen LogP contribution in [0.15, 0.2) is 18.2 Å². The van der Waals surface area contributed by atoms with Crippen LogP contribution in [0.5, 0.6) is 5.75 Å². The van der Waals surface area contributed by atoms with Crippen molar-refractivity contribution in [3.05, 3.63) is 29.3 Å². The van der Waals surface area contributed by atoms with Crippen molar-refractivity contribution in [2.75, 3.05) is 6.61 Å². The van der Waals surface area contributed by atoms with Crippen LogP contribution in [0.2, 0.25) is 0 Å². The average molecular weight is 218 g/mol. The molecule has 0 radical (unpaired) electrons. The number of nitriles is 1. The van der Waals surface area contributed by atoms with E-state index in [1.807, 2.05) is 32.9 Å². The van der Waals surface area contributed by atoms with E-state index in [4.69, 9.17) is 10.00 Å². The van der Waals surface area contributed by atoms with Crippen molar-refractivity contribution in [2.45, 2.75) is 33.4 Å². The van der Waals surface area contributed by atoms with Crippen molar-refractivity contribution >= 4 is 0 Å². The fourth-order valence-electron chi connectivity index (χ4n) is 1.46. The van der Waals surface area contributed by atoms with E-state index in [2.05, 4.69) is 17.5 Å². The SMILES string of the molecule is CCOc1ccc(CNC(C)C#N)cc1C. The first-order valence-corrected chi connectivity index (χ1v) is 5.52. The molecule has 1 aromatic carbocycles. The molecule has 0 fully saturated rings. The monoisotopic (exact) mass is 218 g/mol. The highest BCUT2D eigenvalue weighted by molar-refractivity contribution is 5.36. The molecule has 86 valence electrons. The molecule has 1 N–H and O–H groups in total. The van der Waals surface area contributed by atoms with Gasteiger partial charge in [0.15, 0.2) is 0 Å². The van der Waals surface area contributed by atoms with E-state index >= 15 is 0 Å². The zero-order valence-corrected chi connectivity index (χ0v) is 10.1. The van der Waals surface area contributed by atoms with E-state index in [0.717, 1.165) is 11.3 Å². The van der Waals surface area contributed by atoms with E-state index in [1.165, 1.54) is 5.56 Å². The molecule has 0 aliphatic heterocycles. The molecule has 0 spiro atoms. The Bertz CT molecular complexity index is 382. The third-order valence-electron chi connectivity index (χ3n) is 2.35. The summed E-state index contributed by atoms with van der Waals surface area (Å²) in [5, 5.41) is 11.8. The Balaban J connectivity index is 2.63. The lowest BCUT2D eigenvalue weighted by molar-refractivity contribution is 0.337. The van der Waals surface area contributed by atoms with Gasteiger partial charge in [-0.3, -0.25) is 5.32 Å². The van der Waals surface area contributed by atoms with Gasteiger partial charge in [0.05, 0.1) is 18.7 Å². The standard InChI is InChI=1S/C13H18N2O/c1-4-16-13-6-5-12(7-10(13)2)9-15-11(3)8-14/h5-7,11,15H,4,9H2,1-3H3. The smallest absolute Gasteiger partial charge is 0.122 e. The van der Waals surface area contributed by atoms with Crippen molar-refractivity contribution < 1.29 is 4.74 Å². The van der Waals surface area contributed by atoms with Crippen LogP contribution in [0.3, 0.4) is 0 Å². The summed E-state index contributed by atoms with van der Waals surface area (Å²) >= 11 is 0. The third kappa shape index (κ3) is 3.56. The van der Waals surface area contributed by atoms with Crippen molar-refractivity contribution in [3.63, 3.8) is 0 Å². The zero-order valence-electron chi connectivity index (χ0n) is 10.1. The zero-order chi connectivity index (χ0) is 12.0. The van der Waals surface area contributed by atoms with Crippen molar-refractivity contribution in [1.82, 2.24) is 5.32 Å². The Morgan fingerprint density at radius 2 is 2.25 bits per heavy atom. The molecule has 0 amide bonds. The molecule has 3 heteroatoms. The number of ether oxygens (including phenoxy) is 1. The Labute approximate surface area is 97.0 Å². The van der Waals surface area contributed by atoms with Gasteiger partial charge in [-0.2, -0.15) is 5.26 Å². The summed E-state index contributed by atoms with van der Waals surface area (Å²) < 4.78 is 5.47. The molecule has 0 saturated heterocycles. The summed E-state index contributed by atoms with van der Waals surface area (Å²) in [5.41, 5.74) is 2.30. The van der Waals surface area contributed by atoms with Gasteiger partial charge in [0.25, 0.3) is 0 Å².